The van der Waals surface area contributed by atoms with E-state index >= 15 is 0 Å². The van der Waals surface area contributed by atoms with E-state index in [-0.39, 0.29) is 0 Å². The topological polar surface area (TPSA) is 12.0 Å². The molecule has 0 atom stereocenters. The van der Waals surface area contributed by atoms with Crippen LogP contribution in [0.2, 0.25) is 0 Å². The van der Waals surface area contributed by atoms with Crippen LogP contribution in [0.5, 0.6) is 0 Å². The van der Waals surface area contributed by atoms with Crippen molar-refractivity contribution in [1.29, 1.82) is 0 Å². The quantitative estimate of drug-likeness (QED) is 0.449. The Morgan fingerprint density at radius 3 is 2.27 bits per heavy atom. The largest absolute Gasteiger partial charge is 0.316 e. The average Bonchev–Trinajstić information content (AvgIpc) is 2.22. The predicted octanol–water partition coefficient (Wildman–Crippen LogP) is 4.00. The molecule has 0 radical (unpaired) electrons. The maximum Gasteiger partial charge on any atom is -0.00142 e. The number of rotatable bonds is 9. The molecule has 1 nitrogen and oxygen atoms in total. The van der Waals surface area contributed by atoms with Crippen LogP contribution in [-0.4, -0.2) is 13.1 Å². The molecule has 1 N–H and O–H groups in total. The minimum Gasteiger partial charge on any atom is -0.316 e. The van der Waals surface area contributed by atoms with Crippen LogP contribution in [0.3, 0.4) is 0 Å². The second-order valence-corrected chi connectivity index (χ2v) is 4.78. The molecule has 1 heteroatoms. The van der Waals surface area contributed by atoms with Gasteiger partial charge in [-0.25, -0.2) is 0 Å². The molecule has 0 unspecified atom stereocenters. The molecule has 0 aromatic rings. The Morgan fingerprint density at radius 1 is 1.07 bits per heavy atom. The highest BCUT2D eigenvalue weighted by Gasteiger charge is 1.98. The van der Waals surface area contributed by atoms with E-state index in [1.165, 1.54) is 25.7 Å². The molecule has 0 aliphatic heterocycles. The van der Waals surface area contributed by atoms with Gasteiger partial charge in [-0.05, 0) is 37.8 Å². The molecule has 0 spiro atoms. The molecule has 0 saturated heterocycles. The van der Waals surface area contributed by atoms with Crippen LogP contribution in [0.15, 0.2) is 12.2 Å². The first kappa shape index (κ1) is 14.7. The van der Waals surface area contributed by atoms with Crippen molar-refractivity contribution in [3.05, 3.63) is 12.2 Å². The highest BCUT2D eigenvalue weighted by molar-refractivity contribution is 4.84. The van der Waals surface area contributed by atoms with Crippen LogP contribution in [0.1, 0.15) is 53.4 Å². The monoisotopic (exact) mass is 211 g/mol. The number of nitrogens with one attached hydrogen (secondary N) is 1. The summed E-state index contributed by atoms with van der Waals surface area (Å²) in [5, 5.41) is 3.45. The summed E-state index contributed by atoms with van der Waals surface area (Å²) in [6.45, 7) is 11.3. The molecule has 0 aliphatic carbocycles. The van der Waals surface area contributed by atoms with E-state index < -0.39 is 0 Å². The number of allylic oxidation sites excluding steroid dienone is 1. The fraction of sp³-hybridized carbons (Fsp3) is 0.857. The molecule has 0 saturated carbocycles. The molecule has 0 aromatic carbocycles. The number of hydrogen-bond acceptors (Lipinski definition) is 1. The molecule has 0 heterocycles. The van der Waals surface area contributed by atoms with Crippen LogP contribution in [-0.2, 0) is 0 Å². The van der Waals surface area contributed by atoms with Gasteiger partial charge in [0.2, 0.25) is 0 Å². The lowest BCUT2D eigenvalue weighted by atomic mass is 9.99. The second kappa shape index (κ2) is 10.2. The van der Waals surface area contributed by atoms with E-state index in [1.807, 2.05) is 0 Å². The second-order valence-electron chi connectivity index (χ2n) is 4.78. The van der Waals surface area contributed by atoms with Gasteiger partial charge in [0.15, 0.2) is 0 Å². The van der Waals surface area contributed by atoms with Gasteiger partial charge in [0.05, 0.1) is 0 Å². The van der Waals surface area contributed by atoms with E-state index in [1.54, 1.807) is 0 Å². The summed E-state index contributed by atoms with van der Waals surface area (Å²) in [5.74, 6) is 1.66. The van der Waals surface area contributed by atoms with Crippen LogP contribution in [0.4, 0.5) is 0 Å². The van der Waals surface area contributed by atoms with Crippen molar-refractivity contribution in [2.24, 2.45) is 11.8 Å². The smallest absolute Gasteiger partial charge is 0.00142 e. The normalized spacial score (nSPS) is 12.1. The molecule has 0 amide bonds. The van der Waals surface area contributed by atoms with Crippen LogP contribution < -0.4 is 5.32 Å². The van der Waals surface area contributed by atoms with Gasteiger partial charge in [-0.1, -0.05) is 52.7 Å². The van der Waals surface area contributed by atoms with Gasteiger partial charge >= 0.3 is 0 Å². The van der Waals surface area contributed by atoms with E-state index in [0.29, 0.717) is 0 Å². The summed E-state index contributed by atoms with van der Waals surface area (Å²) in [7, 11) is 0. The summed E-state index contributed by atoms with van der Waals surface area (Å²) >= 11 is 0. The Balaban J connectivity index is 3.30. The zero-order valence-electron chi connectivity index (χ0n) is 11.1. The number of hydrogen-bond donors (Lipinski definition) is 1. The predicted molar refractivity (Wildman–Crippen MR) is 70.2 cm³/mol. The summed E-state index contributed by atoms with van der Waals surface area (Å²) in [5.41, 5.74) is 0. The van der Waals surface area contributed by atoms with Crippen molar-refractivity contribution < 1.29 is 0 Å². The van der Waals surface area contributed by atoms with Crippen LogP contribution in [0, 0.1) is 11.8 Å². The van der Waals surface area contributed by atoms with E-state index in [9.17, 15) is 0 Å². The molecular formula is C14H29N. The Kier molecular flexibility index (Phi) is 10.0. The lowest BCUT2D eigenvalue weighted by Gasteiger charge is -2.08. The minimum atomic E-state index is 0.763. The van der Waals surface area contributed by atoms with Gasteiger partial charge in [0.1, 0.15) is 0 Å². The summed E-state index contributed by atoms with van der Waals surface area (Å²) in [6.07, 6.45) is 9.74. The molecule has 0 aromatic heterocycles. The maximum absolute atomic E-state index is 3.45. The van der Waals surface area contributed by atoms with E-state index in [4.69, 9.17) is 0 Å². The zero-order chi connectivity index (χ0) is 11.5. The Bertz CT molecular complexity index is 145. The van der Waals surface area contributed by atoms with Crippen LogP contribution >= 0.6 is 0 Å². The van der Waals surface area contributed by atoms with Crippen molar-refractivity contribution in [3.63, 3.8) is 0 Å². The lowest BCUT2D eigenvalue weighted by Crippen LogP contribution is -2.20. The van der Waals surface area contributed by atoms with Gasteiger partial charge in [-0.15, -0.1) is 0 Å². The minimum absolute atomic E-state index is 0.763. The summed E-state index contributed by atoms with van der Waals surface area (Å²) in [6, 6.07) is 0. The highest BCUT2D eigenvalue weighted by Crippen LogP contribution is 2.12. The van der Waals surface area contributed by atoms with Crippen LogP contribution in [0.25, 0.3) is 0 Å². The van der Waals surface area contributed by atoms with Crippen molar-refractivity contribution in [1.82, 2.24) is 5.32 Å². The molecule has 15 heavy (non-hydrogen) atoms. The highest BCUT2D eigenvalue weighted by atomic mass is 14.8. The van der Waals surface area contributed by atoms with Gasteiger partial charge in [0.25, 0.3) is 0 Å². The average molecular weight is 211 g/mol. The third-order valence-electron chi connectivity index (χ3n) is 2.83. The first-order chi connectivity index (χ1) is 7.20. The van der Waals surface area contributed by atoms with Crippen molar-refractivity contribution >= 4 is 0 Å². The molecule has 0 aliphatic rings. The first-order valence-corrected chi connectivity index (χ1v) is 6.56. The first-order valence-electron chi connectivity index (χ1n) is 6.56. The fourth-order valence-corrected chi connectivity index (χ4v) is 1.60. The fourth-order valence-electron chi connectivity index (χ4n) is 1.60. The molecule has 0 fully saturated rings. The third kappa shape index (κ3) is 9.99. The summed E-state index contributed by atoms with van der Waals surface area (Å²) in [4.78, 5) is 0. The van der Waals surface area contributed by atoms with Gasteiger partial charge in [-0.3, -0.25) is 0 Å². The SMILES string of the molecule is CCC(CC)C/C=C/CCNCC(C)C. The zero-order valence-corrected chi connectivity index (χ0v) is 11.1. The Hall–Kier alpha value is -0.300. The molecule has 0 rings (SSSR count). The van der Waals surface area contributed by atoms with Gasteiger partial charge < -0.3 is 5.32 Å². The standard InChI is InChI=1S/C14H29N/c1-5-14(6-2)10-8-7-9-11-15-12-13(3)4/h7-8,13-15H,5-6,9-12H2,1-4H3/b8-7+. The van der Waals surface area contributed by atoms with Gasteiger partial charge in [-0.2, -0.15) is 0 Å². The molecule has 0 bridgehead atoms. The third-order valence-corrected chi connectivity index (χ3v) is 2.83. The Labute approximate surface area is 96.3 Å². The lowest BCUT2D eigenvalue weighted by molar-refractivity contribution is 0.499. The Morgan fingerprint density at radius 2 is 1.73 bits per heavy atom. The van der Waals surface area contributed by atoms with Crippen molar-refractivity contribution in [3.8, 4) is 0 Å². The van der Waals surface area contributed by atoms with Gasteiger partial charge in [0, 0.05) is 0 Å². The van der Waals surface area contributed by atoms with Crippen molar-refractivity contribution in [2.75, 3.05) is 13.1 Å². The molecule has 90 valence electrons. The van der Waals surface area contributed by atoms with E-state index in [0.717, 1.165) is 24.9 Å². The van der Waals surface area contributed by atoms with Crippen molar-refractivity contribution in [2.45, 2.75) is 53.4 Å². The maximum atomic E-state index is 3.45. The molecular weight excluding hydrogens is 182 g/mol. The van der Waals surface area contributed by atoms with E-state index in [2.05, 4.69) is 45.2 Å². The summed E-state index contributed by atoms with van der Waals surface area (Å²) < 4.78 is 0.